The highest BCUT2D eigenvalue weighted by molar-refractivity contribution is 5.94. The summed E-state index contributed by atoms with van der Waals surface area (Å²) in [5.41, 5.74) is 2.01. The number of carbonyl (C=O) groups excluding carboxylic acids is 2. The third-order valence-corrected chi connectivity index (χ3v) is 4.97. The molecule has 0 unspecified atom stereocenters. The fourth-order valence-corrected chi connectivity index (χ4v) is 3.56. The van der Waals surface area contributed by atoms with Gasteiger partial charge in [-0.1, -0.05) is 0 Å². The molecule has 4 rings (SSSR count). The van der Waals surface area contributed by atoms with Gasteiger partial charge >= 0.3 is 5.63 Å². The van der Waals surface area contributed by atoms with E-state index in [4.69, 9.17) is 8.83 Å². The van der Waals surface area contributed by atoms with Gasteiger partial charge in [0, 0.05) is 62.9 Å². The molecule has 1 aliphatic heterocycles. The van der Waals surface area contributed by atoms with Crippen LogP contribution in [0.5, 0.6) is 0 Å². The molecular formula is C21H21N3O5. The van der Waals surface area contributed by atoms with Gasteiger partial charge in [-0.05, 0) is 23.8 Å². The second kappa shape index (κ2) is 7.92. The van der Waals surface area contributed by atoms with Crippen LogP contribution < -0.4 is 10.9 Å². The molecule has 150 valence electrons. The van der Waals surface area contributed by atoms with E-state index in [1.165, 1.54) is 25.5 Å². The number of nitrogens with one attached hydrogen (secondary N) is 1. The Morgan fingerprint density at radius 1 is 1.10 bits per heavy atom. The van der Waals surface area contributed by atoms with Crippen molar-refractivity contribution in [3.05, 3.63) is 64.4 Å². The van der Waals surface area contributed by atoms with Gasteiger partial charge in [-0.3, -0.25) is 14.5 Å². The van der Waals surface area contributed by atoms with Crippen LogP contribution in [0.3, 0.4) is 0 Å². The molecule has 8 heteroatoms. The molecule has 0 bridgehead atoms. The second-order valence-corrected chi connectivity index (χ2v) is 7.06. The van der Waals surface area contributed by atoms with Crippen LogP contribution >= 0.6 is 0 Å². The Labute approximate surface area is 166 Å². The van der Waals surface area contributed by atoms with Crippen molar-refractivity contribution in [2.75, 3.05) is 31.5 Å². The maximum absolute atomic E-state index is 12.4. The third-order valence-electron chi connectivity index (χ3n) is 4.97. The zero-order valence-electron chi connectivity index (χ0n) is 16.0. The zero-order chi connectivity index (χ0) is 20.4. The molecule has 0 spiro atoms. The number of piperazine rings is 1. The molecule has 29 heavy (non-hydrogen) atoms. The molecule has 1 aliphatic rings. The van der Waals surface area contributed by atoms with Crippen LogP contribution in [0.1, 0.15) is 22.8 Å². The Morgan fingerprint density at radius 2 is 1.90 bits per heavy atom. The topological polar surface area (TPSA) is 96.0 Å². The minimum atomic E-state index is -0.429. The summed E-state index contributed by atoms with van der Waals surface area (Å²) in [6.45, 7) is 4.62. The number of furan rings is 1. The summed E-state index contributed by atoms with van der Waals surface area (Å²) in [4.78, 5) is 39.7. The molecule has 2 amide bonds. The van der Waals surface area contributed by atoms with Gasteiger partial charge in [0.1, 0.15) is 11.8 Å². The molecule has 0 aliphatic carbocycles. The molecule has 1 fully saturated rings. The molecule has 1 aromatic carbocycles. The van der Waals surface area contributed by atoms with Crippen LogP contribution in [0.25, 0.3) is 11.0 Å². The Hall–Kier alpha value is -3.39. The monoisotopic (exact) mass is 395 g/mol. The van der Waals surface area contributed by atoms with Crippen molar-refractivity contribution >= 4 is 28.5 Å². The maximum Gasteiger partial charge on any atom is 0.336 e. The maximum atomic E-state index is 12.4. The largest absolute Gasteiger partial charge is 0.472 e. The van der Waals surface area contributed by atoms with E-state index >= 15 is 0 Å². The van der Waals surface area contributed by atoms with Crippen molar-refractivity contribution in [2.24, 2.45) is 0 Å². The average molecular weight is 395 g/mol. The lowest BCUT2D eigenvalue weighted by Crippen LogP contribution is -2.48. The molecule has 0 atom stereocenters. The van der Waals surface area contributed by atoms with E-state index in [2.05, 4.69) is 10.2 Å². The molecular weight excluding hydrogens is 374 g/mol. The van der Waals surface area contributed by atoms with E-state index in [0.717, 1.165) is 10.9 Å². The number of carbonyl (C=O) groups is 2. The molecule has 0 radical (unpaired) electrons. The van der Waals surface area contributed by atoms with Gasteiger partial charge in [-0.15, -0.1) is 0 Å². The van der Waals surface area contributed by atoms with Crippen LogP contribution in [0.4, 0.5) is 5.69 Å². The number of fused-ring (bicyclic) bond motifs is 1. The van der Waals surface area contributed by atoms with Crippen molar-refractivity contribution in [3.8, 4) is 0 Å². The lowest BCUT2D eigenvalue weighted by molar-refractivity contribution is -0.114. The summed E-state index contributed by atoms with van der Waals surface area (Å²) in [5, 5.41) is 3.52. The fraction of sp³-hybridized carbons (Fsp3) is 0.286. The highest BCUT2D eigenvalue weighted by atomic mass is 16.4. The number of nitrogens with zero attached hydrogens (tertiary/aromatic N) is 2. The first-order chi connectivity index (χ1) is 14.0. The number of rotatable bonds is 4. The number of anilines is 1. The smallest absolute Gasteiger partial charge is 0.336 e. The van der Waals surface area contributed by atoms with E-state index in [1.54, 1.807) is 23.1 Å². The van der Waals surface area contributed by atoms with Gasteiger partial charge in [0.05, 0.1) is 11.8 Å². The van der Waals surface area contributed by atoms with Crippen LogP contribution in [0, 0.1) is 0 Å². The van der Waals surface area contributed by atoms with Crippen molar-refractivity contribution in [1.82, 2.24) is 9.80 Å². The minimum absolute atomic E-state index is 0.0327. The van der Waals surface area contributed by atoms with Crippen LogP contribution in [0.15, 0.2) is 56.5 Å². The van der Waals surface area contributed by atoms with Gasteiger partial charge < -0.3 is 19.1 Å². The Bertz CT molecular complexity index is 1100. The lowest BCUT2D eigenvalue weighted by Gasteiger charge is -2.34. The highest BCUT2D eigenvalue weighted by Gasteiger charge is 2.23. The van der Waals surface area contributed by atoms with E-state index < -0.39 is 5.63 Å². The number of amides is 2. The SMILES string of the molecule is CC(=O)Nc1ccc2c(CN3CCN(C(=O)c4ccoc4)CC3)cc(=O)oc2c1. The molecule has 1 saturated heterocycles. The average Bonchev–Trinajstić information content (AvgIpc) is 3.22. The lowest BCUT2D eigenvalue weighted by atomic mass is 10.1. The molecule has 3 heterocycles. The fourth-order valence-electron chi connectivity index (χ4n) is 3.56. The van der Waals surface area contributed by atoms with Crippen LogP contribution in [0.2, 0.25) is 0 Å². The molecule has 3 aromatic rings. The van der Waals surface area contributed by atoms with Crippen molar-refractivity contribution in [3.63, 3.8) is 0 Å². The summed E-state index contributed by atoms with van der Waals surface area (Å²) in [6, 6.07) is 8.46. The first kappa shape index (κ1) is 18.9. The molecule has 0 saturated carbocycles. The van der Waals surface area contributed by atoms with Gasteiger partial charge in [-0.25, -0.2) is 4.79 Å². The number of hydrogen-bond acceptors (Lipinski definition) is 6. The van der Waals surface area contributed by atoms with Crippen molar-refractivity contribution in [1.29, 1.82) is 0 Å². The summed E-state index contributed by atoms with van der Waals surface area (Å²) in [5.74, 6) is -0.222. The summed E-state index contributed by atoms with van der Waals surface area (Å²) in [6.07, 6.45) is 2.95. The highest BCUT2D eigenvalue weighted by Crippen LogP contribution is 2.23. The summed E-state index contributed by atoms with van der Waals surface area (Å²) < 4.78 is 10.3. The van der Waals surface area contributed by atoms with Crippen molar-refractivity contribution in [2.45, 2.75) is 13.5 Å². The Balaban J connectivity index is 1.47. The minimum Gasteiger partial charge on any atom is -0.472 e. The van der Waals surface area contributed by atoms with Gasteiger partial charge in [0.2, 0.25) is 5.91 Å². The van der Waals surface area contributed by atoms with Crippen LogP contribution in [-0.2, 0) is 11.3 Å². The second-order valence-electron chi connectivity index (χ2n) is 7.06. The zero-order valence-corrected chi connectivity index (χ0v) is 16.0. The molecule has 2 aromatic heterocycles. The first-order valence-corrected chi connectivity index (χ1v) is 9.38. The normalized spacial score (nSPS) is 14.9. The van der Waals surface area contributed by atoms with E-state index in [1.807, 2.05) is 6.07 Å². The van der Waals surface area contributed by atoms with Gasteiger partial charge in [0.15, 0.2) is 0 Å². The predicted molar refractivity (Wildman–Crippen MR) is 107 cm³/mol. The van der Waals surface area contributed by atoms with Crippen LogP contribution in [-0.4, -0.2) is 47.8 Å². The van der Waals surface area contributed by atoms with Crippen molar-refractivity contribution < 1.29 is 18.4 Å². The molecule has 1 N–H and O–H groups in total. The standard InChI is InChI=1S/C21H21N3O5/c1-14(25)22-17-2-3-18-16(10-20(26)29-19(18)11-17)12-23-5-7-24(8-6-23)21(27)15-4-9-28-13-15/h2-4,9-11,13H,5-8,12H2,1H3,(H,22,25). The summed E-state index contributed by atoms with van der Waals surface area (Å²) in [7, 11) is 0. The van der Waals surface area contributed by atoms with Gasteiger partial charge in [0.25, 0.3) is 5.91 Å². The molecule has 8 nitrogen and oxygen atoms in total. The Morgan fingerprint density at radius 3 is 2.59 bits per heavy atom. The quantitative estimate of drug-likeness (QED) is 0.681. The van der Waals surface area contributed by atoms with E-state index in [9.17, 15) is 14.4 Å². The Kier molecular flexibility index (Phi) is 5.18. The number of hydrogen-bond donors (Lipinski definition) is 1. The van der Waals surface area contributed by atoms with Gasteiger partial charge in [-0.2, -0.15) is 0 Å². The van der Waals surface area contributed by atoms with E-state index in [-0.39, 0.29) is 11.8 Å². The van der Waals surface area contributed by atoms with E-state index in [0.29, 0.717) is 49.6 Å². The third kappa shape index (κ3) is 4.22. The number of benzene rings is 1. The summed E-state index contributed by atoms with van der Waals surface area (Å²) >= 11 is 0. The first-order valence-electron chi connectivity index (χ1n) is 9.38. The predicted octanol–water partition coefficient (Wildman–Crippen LogP) is 2.30.